The highest BCUT2D eigenvalue weighted by atomic mass is 32.1. The molecule has 1 atom stereocenters. The van der Waals surface area contributed by atoms with Crippen molar-refractivity contribution in [3.05, 3.63) is 10.4 Å². The molecule has 23 heavy (non-hydrogen) atoms. The van der Waals surface area contributed by atoms with Crippen molar-refractivity contribution in [1.29, 1.82) is 0 Å². The normalized spacial score (nSPS) is 17.8. The van der Waals surface area contributed by atoms with E-state index in [-0.39, 0.29) is 0 Å². The van der Waals surface area contributed by atoms with E-state index in [0.29, 0.717) is 5.78 Å². The Morgan fingerprint density at radius 1 is 1.26 bits per heavy atom. The van der Waals surface area contributed by atoms with Crippen molar-refractivity contribution in [2.24, 2.45) is 0 Å². The monoisotopic (exact) mass is 332 g/mol. The van der Waals surface area contributed by atoms with Gasteiger partial charge in [0.25, 0.3) is 5.78 Å². The van der Waals surface area contributed by atoms with Crippen molar-refractivity contribution in [3.8, 4) is 0 Å². The lowest BCUT2D eigenvalue weighted by Gasteiger charge is -2.24. The maximum atomic E-state index is 4.78. The van der Waals surface area contributed by atoms with Crippen LogP contribution in [0.5, 0.6) is 0 Å². The van der Waals surface area contributed by atoms with Crippen LogP contribution < -0.4 is 9.80 Å². The van der Waals surface area contributed by atoms with Gasteiger partial charge in [-0.3, -0.25) is 0 Å². The van der Waals surface area contributed by atoms with Gasteiger partial charge < -0.3 is 9.80 Å². The summed E-state index contributed by atoms with van der Waals surface area (Å²) in [5.74, 6) is 1.64. The highest BCUT2D eigenvalue weighted by Crippen LogP contribution is 2.37. The van der Waals surface area contributed by atoms with Crippen LogP contribution in [0.25, 0.3) is 16.0 Å². The fourth-order valence-electron chi connectivity index (χ4n) is 3.49. The number of hydrogen-bond donors (Lipinski definition) is 1. The molecule has 0 aliphatic carbocycles. The van der Waals surface area contributed by atoms with E-state index >= 15 is 0 Å². The van der Waals surface area contributed by atoms with E-state index in [0.717, 1.165) is 36.7 Å². The summed E-state index contributed by atoms with van der Waals surface area (Å²) in [6, 6.07) is 0. The number of rotatable bonds is 4. The average molecular weight is 332 g/mol. The summed E-state index contributed by atoms with van der Waals surface area (Å²) < 4.78 is 1.80. The Hall–Kier alpha value is -1.80. The summed E-state index contributed by atoms with van der Waals surface area (Å²) >= 11 is 1.84. The molecule has 1 N–H and O–H groups in total. The van der Waals surface area contributed by atoms with Crippen LogP contribution in [0.4, 0.5) is 5.82 Å². The molecule has 0 saturated heterocycles. The van der Waals surface area contributed by atoms with E-state index in [2.05, 4.69) is 41.2 Å². The number of fused-ring (bicyclic) bond motifs is 5. The Bertz CT molecular complexity index is 848. The molecule has 4 rings (SSSR count). The zero-order valence-electron chi connectivity index (χ0n) is 13.8. The molecule has 3 aromatic heterocycles. The Kier molecular flexibility index (Phi) is 3.65. The molecule has 122 valence electrons. The molecule has 4 heterocycles. The third-order valence-electron chi connectivity index (χ3n) is 4.85. The predicted octanol–water partition coefficient (Wildman–Crippen LogP) is 0.541. The minimum atomic E-state index is 0.595. The van der Waals surface area contributed by atoms with Crippen LogP contribution in [0, 0.1) is 0 Å². The molecule has 1 aliphatic heterocycles. The third kappa shape index (κ3) is 2.20. The van der Waals surface area contributed by atoms with Gasteiger partial charge in [-0.15, -0.1) is 11.3 Å². The summed E-state index contributed by atoms with van der Waals surface area (Å²) in [7, 11) is 0. The van der Waals surface area contributed by atoms with Gasteiger partial charge in [-0.2, -0.15) is 9.50 Å². The lowest BCUT2D eigenvalue weighted by molar-refractivity contribution is -0.913. The van der Waals surface area contributed by atoms with Crippen LogP contribution in [0.1, 0.15) is 31.2 Å². The van der Waals surface area contributed by atoms with Crippen molar-refractivity contribution in [2.75, 3.05) is 31.1 Å². The molecule has 3 aromatic rings. The summed E-state index contributed by atoms with van der Waals surface area (Å²) in [5.41, 5.74) is 1.47. The first-order valence-electron chi connectivity index (χ1n) is 8.37. The van der Waals surface area contributed by atoms with Crippen molar-refractivity contribution in [2.45, 2.75) is 33.7 Å². The fourth-order valence-corrected chi connectivity index (χ4v) is 4.85. The van der Waals surface area contributed by atoms with Gasteiger partial charge in [0.1, 0.15) is 17.2 Å². The van der Waals surface area contributed by atoms with E-state index in [1.54, 1.807) is 9.42 Å². The molecule has 0 fully saturated rings. The average Bonchev–Trinajstić information content (AvgIpc) is 3.18. The van der Waals surface area contributed by atoms with Crippen LogP contribution in [0.2, 0.25) is 0 Å². The number of quaternary nitrogens is 1. The molecule has 0 radical (unpaired) electrons. The number of anilines is 1. The fraction of sp³-hybridized carbons (Fsp3) is 0.600. The Labute approximate surface area is 138 Å². The van der Waals surface area contributed by atoms with E-state index < -0.39 is 0 Å². The van der Waals surface area contributed by atoms with E-state index in [1.165, 1.54) is 28.9 Å². The van der Waals surface area contributed by atoms with Gasteiger partial charge in [-0.05, 0) is 36.8 Å². The van der Waals surface area contributed by atoms with Crippen LogP contribution in [-0.4, -0.2) is 51.2 Å². The SMILES string of the molecule is CCN(CC)c1nc2nnnn2c2sc3c(c12)CC[NH+](CC)C3. The summed E-state index contributed by atoms with van der Waals surface area (Å²) in [6.45, 7) is 12.0. The molecule has 7 nitrogen and oxygen atoms in total. The topological polar surface area (TPSA) is 63.7 Å². The number of aromatic nitrogens is 5. The Balaban J connectivity index is 2.01. The third-order valence-corrected chi connectivity index (χ3v) is 6.06. The number of nitrogens with one attached hydrogen (secondary N) is 1. The number of tetrazole rings is 1. The van der Waals surface area contributed by atoms with E-state index in [1.807, 2.05) is 11.3 Å². The van der Waals surface area contributed by atoms with Crippen LogP contribution in [0.3, 0.4) is 0 Å². The maximum absolute atomic E-state index is 4.78. The molecular formula is C15H22N7S+. The predicted molar refractivity (Wildman–Crippen MR) is 91.3 cm³/mol. The quantitative estimate of drug-likeness (QED) is 0.756. The highest BCUT2D eigenvalue weighted by molar-refractivity contribution is 7.19. The second kappa shape index (κ2) is 5.68. The van der Waals surface area contributed by atoms with Gasteiger partial charge in [0.2, 0.25) is 0 Å². The maximum Gasteiger partial charge on any atom is 0.276 e. The van der Waals surface area contributed by atoms with E-state index in [4.69, 9.17) is 4.98 Å². The van der Waals surface area contributed by atoms with Gasteiger partial charge >= 0.3 is 0 Å². The van der Waals surface area contributed by atoms with Crippen molar-refractivity contribution in [3.63, 3.8) is 0 Å². The minimum absolute atomic E-state index is 0.595. The zero-order chi connectivity index (χ0) is 16.0. The van der Waals surface area contributed by atoms with Crippen molar-refractivity contribution in [1.82, 2.24) is 25.0 Å². The molecule has 0 amide bonds. The van der Waals surface area contributed by atoms with Gasteiger partial charge in [0, 0.05) is 19.5 Å². The molecule has 1 aliphatic rings. The van der Waals surface area contributed by atoms with Crippen LogP contribution in [-0.2, 0) is 13.0 Å². The number of nitrogens with zero attached hydrogens (tertiary/aromatic N) is 6. The zero-order valence-corrected chi connectivity index (χ0v) is 14.7. The van der Waals surface area contributed by atoms with Crippen LogP contribution >= 0.6 is 11.3 Å². The van der Waals surface area contributed by atoms with Gasteiger partial charge in [-0.25, -0.2) is 0 Å². The smallest absolute Gasteiger partial charge is 0.276 e. The summed E-state index contributed by atoms with van der Waals surface area (Å²) in [4.78, 5) is 11.3. The molecule has 0 saturated carbocycles. The van der Waals surface area contributed by atoms with Gasteiger partial charge in [0.15, 0.2) is 0 Å². The van der Waals surface area contributed by atoms with Crippen LogP contribution in [0.15, 0.2) is 0 Å². The molecule has 0 aromatic carbocycles. The minimum Gasteiger partial charge on any atom is -0.356 e. The molecule has 1 unspecified atom stereocenters. The Morgan fingerprint density at radius 2 is 2.09 bits per heavy atom. The first kappa shape index (κ1) is 14.8. The number of thiophene rings is 1. The summed E-state index contributed by atoms with van der Waals surface area (Å²) in [6.07, 6.45) is 1.11. The first-order chi connectivity index (χ1) is 11.3. The van der Waals surface area contributed by atoms with Gasteiger partial charge in [-0.1, -0.05) is 5.10 Å². The molecule has 8 heteroatoms. The van der Waals surface area contributed by atoms with Crippen molar-refractivity contribution >= 4 is 33.1 Å². The lowest BCUT2D eigenvalue weighted by Crippen LogP contribution is -3.11. The summed E-state index contributed by atoms with van der Waals surface area (Å²) in [5, 5.41) is 13.3. The largest absolute Gasteiger partial charge is 0.356 e. The first-order valence-corrected chi connectivity index (χ1v) is 9.19. The second-order valence-corrected chi connectivity index (χ2v) is 7.05. The number of hydrogen-bond acceptors (Lipinski definition) is 6. The molecule has 0 bridgehead atoms. The van der Waals surface area contributed by atoms with Crippen molar-refractivity contribution < 1.29 is 4.90 Å². The highest BCUT2D eigenvalue weighted by Gasteiger charge is 2.28. The second-order valence-electron chi connectivity index (χ2n) is 5.96. The standard InChI is InChI=1S/C15H21N7S/c1-4-20-8-7-10-11(9-20)23-14-12(10)13(21(5-2)6-3)16-15-17-18-19-22(14)15/h4-9H2,1-3H3/p+1. The Morgan fingerprint density at radius 3 is 2.83 bits per heavy atom. The molecular weight excluding hydrogens is 310 g/mol. The van der Waals surface area contributed by atoms with Gasteiger partial charge in [0.05, 0.1) is 23.4 Å². The molecule has 0 spiro atoms. The van der Waals surface area contributed by atoms with E-state index in [9.17, 15) is 0 Å². The lowest BCUT2D eigenvalue weighted by atomic mass is 10.0. The number of likely N-dealkylation sites (N-methyl/N-ethyl adjacent to an activating group) is 1.